The first-order valence-electron chi connectivity index (χ1n) is 8.71. The van der Waals surface area contributed by atoms with Crippen LogP contribution in [0.3, 0.4) is 0 Å². The number of rotatable bonds is 6. The van der Waals surface area contributed by atoms with Crippen molar-refractivity contribution in [1.29, 1.82) is 0 Å². The van der Waals surface area contributed by atoms with Gasteiger partial charge in [-0.3, -0.25) is 0 Å². The van der Waals surface area contributed by atoms with Gasteiger partial charge in [-0.2, -0.15) is 0 Å². The molecule has 0 unspecified atom stereocenters. The molecule has 3 heteroatoms. The maximum absolute atomic E-state index is 6.43. The second kappa shape index (κ2) is 8.05. The third kappa shape index (κ3) is 5.18. The Morgan fingerprint density at radius 1 is 1.00 bits per heavy atom. The molecule has 0 aromatic heterocycles. The van der Waals surface area contributed by atoms with E-state index in [1.54, 1.807) is 11.8 Å². The molecule has 2 aromatic rings. The maximum atomic E-state index is 6.43. The van der Waals surface area contributed by atoms with Crippen molar-refractivity contribution in [1.82, 2.24) is 0 Å². The molecule has 0 heterocycles. The van der Waals surface area contributed by atoms with E-state index in [0.717, 1.165) is 22.8 Å². The van der Waals surface area contributed by atoms with Gasteiger partial charge in [0.25, 0.3) is 0 Å². The fraction of sp³-hybridized carbons (Fsp3) is 0.455. The highest BCUT2D eigenvalue weighted by Gasteiger charge is 2.24. The summed E-state index contributed by atoms with van der Waals surface area (Å²) in [6.45, 7) is 11.7. The molecule has 0 aliphatic heterocycles. The fourth-order valence-corrected chi connectivity index (χ4v) is 3.87. The molecule has 1 nitrogen and oxygen atoms in total. The molecule has 0 atom stereocenters. The summed E-state index contributed by atoms with van der Waals surface area (Å²) in [6.07, 6.45) is 3.06. The first kappa shape index (κ1) is 20.2. The lowest BCUT2D eigenvalue weighted by molar-refractivity contribution is 0.267. The van der Waals surface area contributed by atoms with Crippen LogP contribution in [0, 0.1) is 0 Å². The summed E-state index contributed by atoms with van der Waals surface area (Å²) in [5.74, 6) is 0.897. The van der Waals surface area contributed by atoms with E-state index < -0.39 is 0 Å². The van der Waals surface area contributed by atoms with Gasteiger partial charge < -0.3 is 4.74 Å². The van der Waals surface area contributed by atoms with Gasteiger partial charge in [-0.05, 0) is 53.3 Å². The van der Waals surface area contributed by atoms with Crippen LogP contribution in [0.1, 0.15) is 52.2 Å². The summed E-state index contributed by atoms with van der Waals surface area (Å²) < 4.78 is 6.17. The Morgan fingerprint density at radius 2 is 1.68 bits per heavy atom. The van der Waals surface area contributed by atoms with Crippen LogP contribution in [-0.2, 0) is 10.8 Å². The molecule has 0 amide bonds. The zero-order valence-electron chi connectivity index (χ0n) is 16.2. The molecule has 136 valence electrons. The first-order valence-corrected chi connectivity index (χ1v) is 10.3. The lowest BCUT2D eigenvalue weighted by Gasteiger charge is -2.28. The molecule has 0 fully saturated rings. The van der Waals surface area contributed by atoms with Gasteiger partial charge in [0.15, 0.2) is 0 Å². The lowest BCUT2D eigenvalue weighted by atomic mass is 9.82. The van der Waals surface area contributed by atoms with Gasteiger partial charge in [-0.15, -0.1) is 11.8 Å². The van der Waals surface area contributed by atoms with E-state index in [9.17, 15) is 0 Å². The van der Waals surface area contributed by atoms with Crippen molar-refractivity contribution < 1.29 is 4.74 Å². The highest BCUT2D eigenvalue weighted by Crippen LogP contribution is 2.37. The minimum atomic E-state index is -0.0458. The van der Waals surface area contributed by atoms with Crippen molar-refractivity contribution in [3.8, 4) is 5.75 Å². The number of ether oxygens (including phenoxy) is 1. The predicted octanol–water partition coefficient (Wildman–Crippen LogP) is 7.11. The summed E-state index contributed by atoms with van der Waals surface area (Å²) in [4.78, 5) is 1.30. The Balaban J connectivity index is 2.11. The molecular weight excluding hydrogens is 348 g/mol. The number of hydrogen-bond donors (Lipinski definition) is 0. The van der Waals surface area contributed by atoms with Crippen LogP contribution >= 0.6 is 23.4 Å². The number of benzene rings is 2. The Bertz CT molecular complexity index is 716. The topological polar surface area (TPSA) is 9.23 Å². The van der Waals surface area contributed by atoms with Gasteiger partial charge >= 0.3 is 0 Å². The van der Waals surface area contributed by atoms with E-state index in [4.69, 9.17) is 16.3 Å². The Hall–Kier alpha value is -1.12. The number of thioether (sulfide) groups is 1. The van der Waals surface area contributed by atoms with Crippen LogP contribution in [-0.4, -0.2) is 12.9 Å². The Labute approximate surface area is 162 Å². The van der Waals surface area contributed by atoms with Gasteiger partial charge in [0, 0.05) is 15.5 Å². The van der Waals surface area contributed by atoms with Crippen molar-refractivity contribution >= 4 is 23.4 Å². The molecule has 25 heavy (non-hydrogen) atoms. The van der Waals surface area contributed by atoms with Crippen LogP contribution in [0.25, 0.3) is 0 Å². The van der Waals surface area contributed by atoms with Crippen molar-refractivity contribution in [3.05, 3.63) is 58.6 Å². The van der Waals surface area contributed by atoms with E-state index in [2.05, 4.69) is 65.1 Å². The van der Waals surface area contributed by atoms with Crippen LogP contribution in [0.4, 0.5) is 0 Å². The molecule has 0 saturated heterocycles. The minimum absolute atomic E-state index is 0.0458. The normalized spacial score (nSPS) is 12.3. The first-order chi connectivity index (χ1) is 11.6. The second-order valence-corrected chi connectivity index (χ2v) is 9.36. The van der Waals surface area contributed by atoms with Crippen molar-refractivity contribution in [2.24, 2.45) is 0 Å². The van der Waals surface area contributed by atoms with Crippen LogP contribution in [0.5, 0.6) is 5.75 Å². The third-order valence-electron chi connectivity index (χ3n) is 4.56. The molecule has 2 rings (SSSR count). The largest absolute Gasteiger partial charge is 0.493 e. The predicted molar refractivity (Wildman–Crippen MR) is 112 cm³/mol. The minimum Gasteiger partial charge on any atom is -0.493 e. The summed E-state index contributed by atoms with van der Waals surface area (Å²) in [6, 6.07) is 14.7. The summed E-state index contributed by atoms with van der Waals surface area (Å²) in [7, 11) is 0. The van der Waals surface area contributed by atoms with Crippen molar-refractivity contribution in [2.75, 3.05) is 12.9 Å². The fourth-order valence-electron chi connectivity index (χ4n) is 2.96. The molecule has 0 N–H and O–H groups in total. The van der Waals surface area contributed by atoms with Crippen molar-refractivity contribution in [3.63, 3.8) is 0 Å². The van der Waals surface area contributed by atoms with Gasteiger partial charge in [0.2, 0.25) is 0 Å². The summed E-state index contributed by atoms with van der Waals surface area (Å²) >= 11 is 8.21. The van der Waals surface area contributed by atoms with Gasteiger partial charge in [-0.1, -0.05) is 64.4 Å². The molecule has 2 aromatic carbocycles. The van der Waals surface area contributed by atoms with E-state index >= 15 is 0 Å². The average molecular weight is 377 g/mol. The van der Waals surface area contributed by atoms with Gasteiger partial charge in [0.05, 0.1) is 6.61 Å². The average Bonchev–Trinajstić information content (AvgIpc) is 2.53. The van der Waals surface area contributed by atoms with Crippen molar-refractivity contribution in [2.45, 2.75) is 56.8 Å². The third-order valence-corrected chi connectivity index (χ3v) is 5.60. The quantitative estimate of drug-likeness (QED) is 0.497. The Kier molecular flexibility index (Phi) is 6.51. The summed E-state index contributed by atoms with van der Waals surface area (Å²) in [5, 5.41) is 0.775. The molecule has 0 aliphatic carbocycles. The van der Waals surface area contributed by atoms with Crippen LogP contribution in [0.15, 0.2) is 47.4 Å². The number of hydrogen-bond acceptors (Lipinski definition) is 2. The standard InChI is InChI=1S/C22H29ClOS/c1-21(2,3)20-18(23)11-8-12-19(20)24-14-13-22(4,5)16-9-7-10-17(15-16)25-6/h7-12,15H,13-14H2,1-6H3. The zero-order chi connectivity index (χ0) is 18.7. The molecule has 0 aliphatic rings. The van der Waals surface area contributed by atoms with Gasteiger partial charge in [0.1, 0.15) is 5.75 Å². The van der Waals surface area contributed by atoms with Crippen LogP contribution < -0.4 is 4.74 Å². The highest BCUT2D eigenvalue weighted by atomic mass is 35.5. The molecular formula is C22H29ClOS. The zero-order valence-corrected chi connectivity index (χ0v) is 17.7. The second-order valence-electron chi connectivity index (χ2n) is 8.08. The monoisotopic (exact) mass is 376 g/mol. The van der Waals surface area contributed by atoms with Crippen LogP contribution in [0.2, 0.25) is 5.02 Å². The number of halogens is 1. The van der Waals surface area contributed by atoms with E-state index in [-0.39, 0.29) is 10.8 Å². The maximum Gasteiger partial charge on any atom is 0.124 e. The summed E-state index contributed by atoms with van der Waals surface area (Å²) in [5.41, 5.74) is 2.45. The SMILES string of the molecule is CSc1cccc(C(C)(C)CCOc2cccc(Cl)c2C(C)(C)C)c1. The highest BCUT2D eigenvalue weighted by molar-refractivity contribution is 7.98. The molecule has 0 saturated carbocycles. The molecule has 0 spiro atoms. The van der Waals surface area contributed by atoms with E-state index in [1.165, 1.54) is 10.5 Å². The lowest BCUT2D eigenvalue weighted by Crippen LogP contribution is -2.21. The molecule has 0 bridgehead atoms. The Morgan fingerprint density at radius 3 is 2.32 bits per heavy atom. The van der Waals surface area contributed by atoms with E-state index in [1.807, 2.05) is 18.2 Å². The van der Waals surface area contributed by atoms with Gasteiger partial charge in [-0.25, -0.2) is 0 Å². The van der Waals surface area contributed by atoms with E-state index in [0.29, 0.717) is 6.61 Å². The smallest absolute Gasteiger partial charge is 0.124 e. The molecule has 0 radical (unpaired) electrons.